The molecule has 5 heteroatoms. The van der Waals surface area contributed by atoms with Crippen LogP contribution in [-0.4, -0.2) is 15.2 Å². The van der Waals surface area contributed by atoms with Crippen molar-refractivity contribution in [1.29, 1.82) is 0 Å². The molecule has 100 valence electrons. The number of rotatable bonds is 2. The summed E-state index contributed by atoms with van der Waals surface area (Å²) in [6, 6.07) is 12.8. The minimum absolute atomic E-state index is 0.316. The van der Waals surface area contributed by atoms with Crippen LogP contribution in [-0.2, 0) is 0 Å². The van der Waals surface area contributed by atoms with E-state index < -0.39 is 0 Å². The number of hydrogen-bond donors (Lipinski definition) is 1. The first-order valence-corrected chi connectivity index (χ1v) is 6.76. The number of H-pyrrole nitrogens is 1. The fourth-order valence-corrected chi connectivity index (χ4v) is 2.38. The van der Waals surface area contributed by atoms with E-state index >= 15 is 0 Å². The van der Waals surface area contributed by atoms with Gasteiger partial charge < -0.3 is 0 Å². The summed E-state index contributed by atoms with van der Waals surface area (Å²) in [5, 5.41) is 7.71. The topological polar surface area (TPSA) is 41.6 Å². The zero-order chi connectivity index (χ0) is 14.1. The van der Waals surface area contributed by atoms with Crippen molar-refractivity contribution >= 4 is 14.5 Å². The van der Waals surface area contributed by atoms with E-state index in [1.54, 1.807) is 6.07 Å². The van der Waals surface area contributed by atoms with Crippen LogP contribution < -0.4 is 5.30 Å². The summed E-state index contributed by atoms with van der Waals surface area (Å²) in [7, 11) is 2.51. The summed E-state index contributed by atoms with van der Waals surface area (Å²) in [5.74, 6) is 0.681. The Hall–Kier alpha value is -2.06. The second-order valence-corrected chi connectivity index (χ2v) is 5.20. The van der Waals surface area contributed by atoms with Crippen molar-refractivity contribution in [2.45, 2.75) is 6.92 Å². The van der Waals surface area contributed by atoms with Gasteiger partial charge in [0.05, 0.1) is 5.56 Å². The molecular weight excluding hydrogens is 272 g/mol. The SMILES string of the molecule is Cc1ccc(-c2n[nH]c(-c3c(F)cccc3P)n2)cc1. The molecule has 20 heavy (non-hydrogen) atoms. The Labute approximate surface area is 118 Å². The predicted molar refractivity (Wildman–Crippen MR) is 81.3 cm³/mol. The second-order valence-electron chi connectivity index (χ2n) is 4.58. The molecule has 1 atom stereocenters. The lowest BCUT2D eigenvalue weighted by Gasteiger charge is -2.02. The molecule has 0 aliphatic heterocycles. The van der Waals surface area contributed by atoms with Crippen molar-refractivity contribution in [1.82, 2.24) is 15.2 Å². The van der Waals surface area contributed by atoms with E-state index in [0.29, 0.717) is 17.2 Å². The molecule has 0 radical (unpaired) electrons. The zero-order valence-corrected chi connectivity index (χ0v) is 12.0. The molecule has 1 unspecified atom stereocenters. The zero-order valence-electron chi connectivity index (χ0n) is 10.9. The van der Waals surface area contributed by atoms with Crippen LogP contribution in [0, 0.1) is 12.7 Å². The van der Waals surface area contributed by atoms with E-state index in [-0.39, 0.29) is 5.82 Å². The minimum atomic E-state index is -0.316. The summed E-state index contributed by atoms with van der Waals surface area (Å²) in [6.45, 7) is 2.02. The molecular formula is C15H13FN3P. The van der Waals surface area contributed by atoms with Gasteiger partial charge in [0, 0.05) is 5.56 Å². The van der Waals surface area contributed by atoms with Crippen molar-refractivity contribution in [2.24, 2.45) is 0 Å². The van der Waals surface area contributed by atoms with Gasteiger partial charge in [-0.2, -0.15) is 5.10 Å². The van der Waals surface area contributed by atoms with Crippen molar-refractivity contribution in [3.05, 3.63) is 53.8 Å². The highest BCUT2D eigenvalue weighted by molar-refractivity contribution is 7.27. The molecule has 3 rings (SSSR count). The van der Waals surface area contributed by atoms with Gasteiger partial charge >= 0.3 is 0 Å². The maximum Gasteiger partial charge on any atom is 0.181 e. The average molecular weight is 285 g/mol. The summed E-state index contributed by atoms with van der Waals surface area (Å²) in [5.41, 5.74) is 2.51. The van der Waals surface area contributed by atoms with E-state index in [0.717, 1.165) is 10.9 Å². The van der Waals surface area contributed by atoms with Gasteiger partial charge in [-0.1, -0.05) is 42.0 Å². The van der Waals surface area contributed by atoms with Crippen molar-refractivity contribution < 1.29 is 4.39 Å². The number of halogens is 1. The monoisotopic (exact) mass is 285 g/mol. The van der Waals surface area contributed by atoms with Crippen LogP contribution in [0.2, 0.25) is 0 Å². The molecule has 0 saturated heterocycles. The Kier molecular flexibility index (Phi) is 3.33. The fraction of sp³-hybridized carbons (Fsp3) is 0.0667. The molecule has 0 fully saturated rings. The van der Waals surface area contributed by atoms with Gasteiger partial charge in [0.1, 0.15) is 5.82 Å². The Balaban J connectivity index is 2.04. The van der Waals surface area contributed by atoms with Gasteiger partial charge in [0.25, 0.3) is 0 Å². The Morgan fingerprint density at radius 3 is 2.55 bits per heavy atom. The molecule has 0 bridgehead atoms. The molecule has 0 amide bonds. The van der Waals surface area contributed by atoms with Crippen molar-refractivity contribution in [3.8, 4) is 22.8 Å². The van der Waals surface area contributed by atoms with Crippen LogP contribution in [0.4, 0.5) is 4.39 Å². The van der Waals surface area contributed by atoms with E-state index in [1.165, 1.54) is 11.6 Å². The molecule has 0 aliphatic carbocycles. The number of nitrogens with zero attached hydrogens (tertiary/aromatic N) is 2. The van der Waals surface area contributed by atoms with Gasteiger partial charge in [-0.15, -0.1) is 9.24 Å². The number of aromatic amines is 1. The molecule has 1 heterocycles. The van der Waals surface area contributed by atoms with Crippen LogP contribution in [0.1, 0.15) is 5.56 Å². The summed E-state index contributed by atoms with van der Waals surface area (Å²) in [4.78, 5) is 4.38. The third kappa shape index (κ3) is 2.35. The van der Waals surface area contributed by atoms with Crippen LogP contribution in [0.5, 0.6) is 0 Å². The van der Waals surface area contributed by atoms with Crippen LogP contribution in [0.3, 0.4) is 0 Å². The molecule has 3 nitrogen and oxygen atoms in total. The lowest BCUT2D eigenvalue weighted by Crippen LogP contribution is -2.01. The number of hydrogen-bond acceptors (Lipinski definition) is 2. The van der Waals surface area contributed by atoms with Crippen molar-refractivity contribution in [3.63, 3.8) is 0 Å². The number of nitrogens with one attached hydrogen (secondary N) is 1. The summed E-state index contributed by atoms with van der Waals surface area (Å²) in [6.07, 6.45) is 0. The standard InChI is InChI=1S/C15H13FN3P/c1-9-5-7-10(8-6-9)14-17-15(19-18-14)13-11(16)3-2-4-12(13)20/h2-8H,20H2,1H3,(H,17,18,19). The fourth-order valence-electron chi connectivity index (χ4n) is 2.00. The van der Waals surface area contributed by atoms with Crippen molar-refractivity contribution in [2.75, 3.05) is 0 Å². The highest BCUT2D eigenvalue weighted by Crippen LogP contribution is 2.22. The lowest BCUT2D eigenvalue weighted by molar-refractivity contribution is 0.631. The van der Waals surface area contributed by atoms with Crippen LogP contribution >= 0.6 is 9.24 Å². The number of aromatic nitrogens is 3. The smallest absolute Gasteiger partial charge is 0.181 e. The first kappa shape index (κ1) is 12.9. The lowest BCUT2D eigenvalue weighted by atomic mass is 10.1. The molecule has 0 aliphatic rings. The quantitative estimate of drug-likeness (QED) is 0.735. The molecule has 0 spiro atoms. The molecule has 1 N–H and O–H groups in total. The summed E-state index contributed by atoms with van der Waals surface area (Å²) >= 11 is 0. The molecule has 0 saturated carbocycles. The predicted octanol–water partition coefficient (Wildman–Crippen LogP) is 3.09. The number of aryl methyl sites for hydroxylation is 1. The van der Waals surface area contributed by atoms with Gasteiger partial charge in [-0.25, -0.2) is 9.37 Å². The third-order valence-corrected chi connectivity index (χ3v) is 3.56. The molecule has 1 aromatic heterocycles. The highest BCUT2D eigenvalue weighted by Gasteiger charge is 2.13. The normalized spacial score (nSPS) is 10.8. The highest BCUT2D eigenvalue weighted by atomic mass is 31.0. The van der Waals surface area contributed by atoms with E-state index in [9.17, 15) is 4.39 Å². The minimum Gasteiger partial charge on any atom is -0.259 e. The maximum absolute atomic E-state index is 13.9. The molecule has 3 aromatic rings. The summed E-state index contributed by atoms with van der Waals surface area (Å²) < 4.78 is 13.9. The molecule has 2 aromatic carbocycles. The Morgan fingerprint density at radius 1 is 1.10 bits per heavy atom. The average Bonchev–Trinajstić information content (AvgIpc) is 2.89. The largest absolute Gasteiger partial charge is 0.259 e. The van der Waals surface area contributed by atoms with Crippen LogP contribution in [0.25, 0.3) is 22.8 Å². The van der Waals surface area contributed by atoms with Crippen LogP contribution in [0.15, 0.2) is 42.5 Å². The van der Waals surface area contributed by atoms with E-state index in [1.807, 2.05) is 37.3 Å². The van der Waals surface area contributed by atoms with Gasteiger partial charge in [0.15, 0.2) is 11.6 Å². The number of benzene rings is 2. The van der Waals surface area contributed by atoms with E-state index in [2.05, 4.69) is 24.4 Å². The second kappa shape index (κ2) is 5.14. The van der Waals surface area contributed by atoms with Gasteiger partial charge in [-0.05, 0) is 18.3 Å². The van der Waals surface area contributed by atoms with Gasteiger partial charge in [-0.3, -0.25) is 5.10 Å². The Morgan fingerprint density at radius 2 is 1.85 bits per heavy atom. The van der Waals surface area contributed by atoms with Gasteiger partial charge in [0.2, 0.25) is 0 Å². The Bertz CT molecular complexity index is 730. The third-order valence-electron chi connectivity index (χ3n) is 3.08. The maximum atomic E-state index is 13.9. The first-order chi connectivity index (χ1) is 9.65. The van der Waals surface area contributed by atoms with E-state index in [4.69, 9.17) is 0 Å². The first-order valence-electron chi connectivity index (χ1n) is 6.19.